The summed E-state index contributed by atoms with van der Waals surface area (Å²) in [7, 11) is 0. The summed E-state index contributed by atoms with van der Waals surface area (Å²) in [6, 6.07) is -0.0514. The Morgan fingerprint density at radius 1 is 1.44 bits per heavy atom. The molecule has 1 heterocycles. The predicted molar refractivity (Wildman–Crippen MR) is 52.0 cm³/mol. The van der Waals surface area contributed by atoms with Gasteiger partial charge in [0.15, 0.2) is 6.61 Å². The van der Waals surface area contributed by atoms with Crippen molar-refractivity contribution in [1.29, 1.82) is 0 Å². The van der Waals surface area contributed by atoms with Crippen LogP contribution in [0.4, 0.5) is 18.0 Å². The molecule has 0 aromatic rings. The fraction of sp³-hybridized carbons (Fsp3) is 0.900. The van der Waals surface area contributed by atoms with Gasteiger partial charge >= 0.3 is 12.3 Å². The number of hydrogen-bond acceptors (Lipinski definition) is 2. The van der Waals surface area contributed by atoms with Crippen LogP contribution in [0.1, 0.15) is 26.7 Å². The summed E-state index contributed by atoms with van der Waals surface area (Å²) < 4.78 is 39.8. The molecule has 2 unspecified atom stereocenters. The Morgan fingerprint density at radius 2 is 2.06 bits per heavy atom. The Kier molecular flexibility index (Phi) is 4.04. The van der Waals surface area contributed by atoms with Gasteiger partial charge in [0.05, 0.1) is 0 Å². The van der Waals surface area contributed by atoms with Gasteiger partial charge in [0.2, 0.25) is 0 Å². The zero-order valence-corrected chi connectivity index (χ0v) is 9.38. The first-order chi connectivity index (χ1) is 7.29. The Bertz CT molecular complexity index is 255. The second-order valence-corrected chi connectivity index (χ2v) is 4.34. The minimum Gasteiger partial charge on any atom is -0.440 e. The van der Waals surface area contributed by atoms with Crippen LogP contribution in [-0.2, 0) is 4.74 Å². The zero-order valence-electron chi connectivity index (χ0n) is 9.38. The SMILES string of the molecule is CC1CCN(C(=O)OCC(F)(F)F)C(C)C1. The standard InChI is InChI=1S/C10H16F3NO2/c1-7-3-4-14(8(2)5-7)9(15)16-6-10(11,12)13/h7-8H,3-6H2,1-2H3. The number of ether oxygens (including phenoxy) is 1. The van der Waals surface area contributed by atoms with Crippen molar-refractivity contribution in [3.05, 3.63) is 0 Å². The van der Waals surface area contributed by atoms with Crippen molar-refractivity contribution in [2.24, 2.45) is 5.92 Å². The molecule has 1 rings (SSSR count). The van der Waals surface area contributed by atoms with E-state index in [1.54, 1.807) is 0 Å². The maximum Gasteiger partial charge on any atom is 0.422 e. The van der Waals surface area contributed by atoms with Crippen molar-refractivity contribution in [2.45, 2.75) is 38.9 Å². The molecule has 0 N–H and O–H groups in total. The molecular weight excluding hydrogens is 223 g/mol. The van der Waals surface area contributed by atoms with E-state index in [1.165, 1.54) is 4.90 Å². The van der Waals surface area contributed by atoms with Crippen LogP contribution in [0.3, 0.4) is 0 Å². The molecule has 0 bridgehead atoms. The Morgan fingerprint density at radius 3 is 2.56 bits per heavy atom. The second-order valence-electron chi connectivity index (χ2n) is 4.34. The van der Waals surface area contributed by atoms with E-state index in [0.717, 1.165) is 12.8 Å². The molecule has 1 saturated heterocycles. The fourth-order valence-electron chi connectivity index (χ4n) is 1.90. The smallest absolute Gasteiger partial charge is 0.422 e. The van der Waals surface area contributed by atoms with Gasteiger partial charge in [-0.25, -0.2) is 4.79 Å². The van der Waals surface area contributed by atoms with Gasteiger partial charge in [-0.2, -0.15) is 13.2 Å². The number of likely N-dealkylation sites (tertiary alicyclic amines) is 1. The predicted octanol–water partition coefficient (Wildman–Crippen LogP) is 2.81. The maximum atomic E-state index is 11.8. The molecule has 1 aliphatic heterocycles. The van der Waals surface area contributed by atoms with Crippen LogP contribution in [0.15, 0.2) is 0 Å². The molecule has 0 aromatic heterocycles. The number of alkyl halides is 3. The van der Waals surface area contributed by atoms with Crippen molar-refractivity contribution in [2.75, 3.05) is 13.2 Å². The summed E-state index contributed by atoms with van der Waals surface area (Å²) in [5.41, 5.74) is 0. The van der Waals surface area contributed by atoms with Crippen LogP contribution in [-0.4, -0.2) is 36.4 Å². The van der Waals surface area contributed by atoms with E-state index in [4.69, 9.17) is 0 Å². The number of hydrogen-bond donors (Lipinski definition) is 0. The monoisotopic (exact) mass is 239 g/mol. The highest BCUT2D eigenvalue weighted by atomic mass is 19.4. The van der Waals surface area contributed by atoms with E-state index in [0.29, 0.717) is 12.5 Å². The largest absolute Gasteiger partial charge is 0.440 e. The van der Waals surface area contributed by atoms with Gasteiger partial charge in [0.25, 0.3) is 0 Å². The average molecular weight is 239 g/mol. The zero-order chi connectivity index (χ0) is 12.3. The van der Waals surface area contributed by atoms with Gasteiger partial charge in [-0.1, -0.05) is 6.92 Å². The molecule has 0 aliphatic carbocycles. The Labute approximate surface area is 92.5 Å². The van der Waals surface area contributed by atoms with Crippen molar-refractivity contribution < 1.29 is 22.7 Å². The number of carbonyl (C=O) groups excluding carboxylic acids is 1. The van der Waals surface area contributed by atoms with E-state index in [-0.39, 0.29) is 6.04 Å². The third kappa shape index (κ3) is 3.90. The molecule has 94 valence electrons. The number of rotatable bonds is 1. The van der Waals surface area contributed by atoms with Gasteiger partial charge in [0, 0.05) is 12.6 Å². The molecule has 1 aliphatic rings. The van der Waals surface area contributed by atoms with Crippen LogP contribution in [0, 0.1) is 5.92 Å². The molecule has 1 amide bonds. The van der Waals surface area contributed by atoms with Crippen molar-refractivity contribution >= 4 is 6.09 Å². The van der Waals surface area contributed by atoms with Gasteiger partial charge in [0.1, 0.15) is 0 Å². The topological polar surface area (TPSA) is 29.5 Å². The first kappa shape index (κ1) is 13.1. The van der Waals surface area contributed by atoms with E-state index in [1.807, 2.05) is 6.92 Å². The first-order valence-corrected chi connectivity index (χ1v) is 5.29. The lowest BCUT2D eigenvalue weighted by Gasteiger charge is -2.35. The molecular formula is C10H16F3NO2. The van der Waals surface area contributed by atoms with Gasteiger partial charge < -0.3 is 9.64 Å². The minimum absolute atomic E-state index is 0.0514. The quantitative estimate of drug-likeness (QED) is 0.704. The lowest BCUT2D eigenvalue weighted by Crippen LogP contribution is -2.45. The lowest BCUT2D eigenvalue weighted by atomic mass is 9.94. The van der Waals surface area contributed by atoms with E-state index in [9.17, 15) is 18.0 Å². The Hall–Kier alpha value is -0.940. The summed E-state index contributed by atoms with van der Waals surface area (Å²) >= 11 is 0. The van der Waals surface area contributed by atoms with E-state index in [2.05, 4.69) is 11.7 Å². The molecule has 3 nitrogen and oxygen atoms in total. The number of amides is 1. The highest BCUT2D eigenvalue weighted by Crippen LogP contribution is 2.23. The molecule has 1 fully saturated rings. The van der Waals surface area contributed by atoms with Crippen molar-refractivity contribution in [3.63, 3.8) is 0 Å². The maximum absolute atomic E-state index is 11.8. The van der Waals surface area contributed by atoms with E-state index >= 15 is 0 Å². The summed E-state index contributed by atoms with van der Waals surface area (Å²) in [6.07, 6.45) is -3.70. The van der Waals surface area contributed by atoms with Crippen LogP contribution < -0.4 is 0 Å². The number of piperidine rings is 1. The van der Waals surface area contributed by atoms with Crippen LogP contribution in [0.5, 0.6) is 0 Å². The normalized spacial score (nSPS) is 26.7. The van der Waals surface area contributed by atoms with Crippen LogP contribution >= 0.6 is 0 Å². The number of nitrogens with zero attached hydrogens (tertiary/aromatic N) is 1. The summed E-state index contributed by atoms with van der Waals surface area (Å²) in [4.78, 5) is 12.7. The molecule has 0 radical (unpaired) electrons. The molecule has 0 spiro atoms. The third-order valence-corrected chi connectivity index (χ3v) is 2.73. The summed E-state index contributed by atoms with van der Waals surface area (Å²) in [5.74, 6) is 0.502. The van der Waals surface area contributed by atoms with Crippen LogP contribution in [0.2, 0.25) is 0 Å². The summed E-state index contributed by atoms with van der Waals surface area (Å²) in [6.45, 7) is 2.85. The van der Waals surface area contributed by atoms with Crippen LogP contribution in [0.25, 0.3) is 0 Å². The molecule has 6 heteroatoms. The van der Waals surface area contributed by atoms with Gasteiger partial charge in [-0.05, 0) is 25.7 Å². The van der Waals surface area contributed by atoms with E-state index < -0.39 is 18.9 Å². The second kappa shape index (κ2) is 4.93. The highest BCUT2D eigenvalue weighted by molar-refractivity contribution is 5.68. The molecule has 0 aromatic carbocycles. The third-order valence-electron chi connectivity index (χ3n) is 2.73. The molecule has 2 atom stereocenters. The lowest BCUT2D eigenvalue weighted by molar-refractivity contribution is -0.163. The number of halogens is 3. The fourth-order valence-corrected chi connectivity index (χ4v) is 1.90. The molecule has 16 heavy (non-hydrogen) atoms. The van der Waals surface area contributed by atoms with Gasteiger partial charge in [-0.15, -0.1) is 0 Å². The average Bonchev–Trinajstić information content (AvgIpc) is 2.13. The molecule has 0 saturated carbocycles. The first-order valence-electron chi connectivity index (χ1n) is 5.29. The Balaban J connectivity index is 2.42. The summed E-state index contributed by atoms with van der Waals surface area (Å²) in [5, 5.41) is 0. The van der Waals surface area contributed by atoms with Gasteiger partial charge in [-0.3, -0.25) is 0 Å². The minimum atomic E-state index is -4.46. The highest BCUT2D eigenvalue weighted by Gasteiger charge is 2.33. The number of carbonyl (C=O) groups is 1. The van der Waals surface area contributed by atoms with Crippen molar-refractivity contribution in [1.82, 2.24) is 4.90 Å². The van der Waals surface area contributed by atoms with Crippen molar-refractivity contribution in [3.8, 4) is 0 Å².